The molecule has 0 saturated heterocycles. The average Bonchev–Trinajstić information content (AvgIpc) is 2.15. The third-order valence-corrected chi connectivity index (χ3v) is 3.12. The Labute approximate surface area is 85.1 Å². The van der Waals surface area contributed by atoms with Crippen molar-refractivity contribution >= 4 is 0 Å². The molecule has 0 spiro atoms. The molecule has 2 atom stereocenters. The van der Waals surface area contributed by atoms with E-state index in [1.165, 1.54) is 22.3 Å². The van der Waals surface area contributed by atoms with Gasteiger partial charge in [0.25, 0.3) is 0 Å². The first-order valence-corrected chi connectivity index (χ1v) is 5.07. The lowest BCUT2D eigenvalue weighted by atomic mass is 9.91. The summed E-state index contributed by atoms with van der Waals surface area (Å²) in [7, 11) is 0. The molecule has 0 bridgehead atoms. The van der Waals surface area contributed by atoms with E-state index in [-0.39, 0.29) is 12.1 Å². The number of hydrogen-bond donors (Lipinski definition) is 1. The maximum atomic E-state index is 6.08. The lowest BCUT2D eigenvalue weighted by Crippen LogP contribution is -2.31. The van der Waals surface area contributed by atoms with Gasteiger partial charge in [0.15, 0.2) is 0 Å². The highest BCUT2D eigenvalue weighted by Gasteiger charge is 2.24. The molecule has 2 nitrogen and oxygen atoms in total. The SMILES string of the molecule is Cc1cc2c(cc1C)[C@H](N)[C@@H](C)OC2. The Kier molecular flexibility index (Phi) is 2.33. The number of rotatable bonds is 0. The number of ether oxygens (including phenoxy) is 1. The van der Waals surface area contributed by atoms with Crippen LogP contribution in [0.3, 0.4) is 0 Å². The zero-order valence-corrected chi connectivity index (χ0v) is 9.00. The van der Waals surface area contributed by atoms with Gasteiger partial charge in [-0.15, -0.1) is 0 Å². The van der Waals surface area contributed by atoms with Gasteiger partial charge in [-0.3, -0.25) is 0 Å². The van der Waals surface area contributed by atoms with Gasteiger partial charge in [0.2, 0.25) is 0 Å². The van der Waals surface area contributed by atoms with Crippen molar-refractivity contribution in [2.75, 3.05) is 0 Å². The topological polar surface area (TPSA) is 35.2 Å². The highest BCUT2D eigenvalue weighted by atomic mass is 16.5. The predicted octanol–water partition coefficient (Wildman–Crippen LogP) is 2.22. The molecule has 1 heterocycles. The van der Waals surface area contributed by atoms with Crippen molar-refractivity contribution in [2.45, 2.75) is 39.5 Å². The van der Waals surface area contributed by atoms with Gasteiger partial charge < -0.3 is 10.5 Å². The zero-order chi connectivity index (χ0) is 10.3. The number of benzene rings is 1. The minimum Gasteiger partial charge on any atom is -0.372 e. The van der Waals surface area contributed by atoms with Gasteiger partial charge in [0.05, 0.1) is 18.8 Å². The molecule has 2 N–H and O–H groups in total. The van der Waals surface area contributed by atoms with Crippen LogP contribution in [0.15, 0.2) is 12.1 Å². The fourth-order valence-corrected chi connectivity index (χ4v) is 1.91. The second-order valence-electron chi connectivity index (χ2n) is 4.18. The van der Waals surface area contributed by atoms with Gasteiger partial charge in [-0.05, 0) is 43.0 Å². The van der Waals surface area contributed by atoms with Gasteiger partial charge in [-0.1, -0.05) is 12.1 Å². The number of aryl methyl sites for hydroxylation is 2. The minimum absolute atomic E-state index is 0.0260. The summed E-state index contributed by atoms with van der Waals surface area (Å²) in [5.41, 5.74) is 11.2. The average molecular weight is 191 g/mol. The van der Waals surface area contributed by atoms with Crippen LogP contribution >= 0.6 is 0 Å². The third kappa shape index (κ3) is 1.45. The molecule has 0 unspecified atom stereocenters. The summed E-state index contributed by atoms with van der Waals surface area (Å²) in [6.45, 7) is 6.98. The second kappa shape index (κ2) is 3.37. The Morgan fingerprint density at radius 1 is 1.29 bits per heavy atom. The Balaban J connectivity index is 2.50. The first-order valence-electron chi connectivity index (χ1n) is 5.07. The zero-order valence-electron chi connectivity index (χ0n) is 9.00. The van der Waals surface area contributed by atoms with Crippen molar-refractivity contribution < 1.29 is 4.74 Å². The molecule has 0 saturated carbocycles. The Bertz CT molecular complexity index is 360. The van der Waals surface area contributed by atoms with Crippen LogP contribution in [-0.2, 0) is 11.3 Å². The number of nitrogens with two attached hydrogens (primary N) is 1. The quantitative estimate of drug-likeness (QED) is 0.682. The van der Waals surface area contributed by atoms with Gasteiger partial charge >= 0.3 is 0 Å². The maximum Gasteiger partial charge on any atom is 0.0744 e. The minimum atomic E-state index is 0.0260. The summed E-state index contributed by atoms with van der Waals surface area (Å²) in [5, 5.41) is 0. The monoisotopic (exact) mass is 191 g/mol. The molecule has 0 radical (unpaired) electrons. The van der Waals surface area contributed by atoms with Crippen LogP contribution in [0, 0.1) is 13.8 Å². The van der Waals surface area contributed by atoms with Crippen molar-refractivity contribution in [3.63, 3.8) is 0 Å². The molecule has 2 rings (SSSR count). The van der Waals surface area contributed by atoms with Gasteiger partial charge in [-0.25, -0.2) is 0 Å². The lowest BCUT2D eigenvalue weighted by molar-refractivity contribution is 0.0213. The summed E-state index contributed by atoms with van der Waals surface area (Å²) in [6, 6.07) is 4.42. The van der Waals surface area contributed by atoms with Crippen molar-refractivity contribution in [3.8, 4) is 0 Å². The highest BCUT2D eigenvalue weighted by molar-refractivity contribution is 5.39. The van der Waals surface area contributed by atoms with E-state index in [9.17, 15) is 0 Å². The van der Waals surface area contributed by atoms with Crippen molar-refractivity contribution in [1.82, 2.24) is 0 Å². The fourth-order valence-electron chi connectivity index (χ4n) is 1.91. The molecule has 1 aliphatic rings. The van der Waals surface area contributed by atoms with E-state index >= 15 is 0 Å². The van der Waals surface area contributed by atoms with Gasteiger partial charge in [-0.2, -0.15) is 0 Å². The standard InChI is InChI=1S/C12H17NO/c1-7-4-10-6-14-9(3)12(13)11(10)5-8(7)2/h4-5,9,12H,6,13H2,1-3H3/t9-,12-/m1/s1. The van der Waals surface area contributed by atoms with E-state index in [0.717, 1.165) is 0 Å². The predicted molar refractivity (Wildman–Crippen MR) is 57.1 cm³/mol. The smallest absolute Gasteiger partial charge is 0.0744 e. The molecular weight excluding hydrogens is 174 g/mol. The van der Waals surface area contributed by atoms with E-state index in [2.05, 4.69) is 26.0 Å². The summed E-state index contributed by atoms with van der Waals surface area (Å²) < 4.78 is 5.59. The van der Waals surface area contributed by atoms with Crippen molar-refractivity contribution in [2.24, 2.45) is 5.73 Å². The van der Waals surface area contributed by atoms with Crippen LogP contribution in [-0.4, -0.2) is 6.10 Å². The first kappa shape index (κ1) is 9.69. The van der Waals surface area contributed by atoms with Crippen LogP contribution in [0.4, 0.5) is 0 Å². The van der Waals surface area contributed by atoms with Gasteiger partial charge in [0, 0.05) is 0 Å². The largest absolute Gasteiger partial charge is 0.372 e. The normalized spacial score (nSPS) is 26.0. The van der Waals surface area contributed by atoms with Crippen LogP contribution in [0.2, 0.25) is 0 Å². The van der Waals surface area contributed by atoms with Gasteiger partial charge in [0.1, 0.15) is 0 Å². The van der Waals surface area contributed by atoms with Crippen LogP contribution < -0.4 is 5.73 Å². The lowest BCUT2D eigenvalue weighted by Gasteiger charge is -2.29. The van der Waals surface area contributed by atoms with E-state index in [1.54, 1.807) is 0 Å². The van der Waals surface area contributed by atoms with Crippen LogP contribution in [0.5, 0.6) is 0 Å². The van der Waals surface area contributed by atoms with E-state index in [4.69, 9.17) is 10.5 Å². The molecule has 2 heteroatoms. The summed E-state index contributed by atoms with van der Waals surface area (Å²) in [5.74, 6) is 0. The molecule has 0 aromatic heterocycles. The van der Waals surface area contributed by atoms with E-state index < -0.39 is 0 Å². The third-order valence-electron chi connectivity index (χ3n) is 3.12. The van der Waals surface area contributed by atoms with E-state index in [1.807, 2.05) is 6.92 Å². The van der Waals surface area contributed by atoms with Crippen LogP contribution in [0.25, 0.3) is 0 Å². The molecule has 14 heavy (non-hydrogen) atoms. The second-order valence-corrected chi connectivity index (χ2v) is 4.18. The maximum absolute atomic E-state index is 6.08. The first-order chi connectivity index (χ1) is 6.59. The molecular formula is C12H17NO. The van der Waals surface area contributed by atoms with E-state index in [0.29, 0.717) is 6.61 Å². The van der Waals surface area contributed by atoms with Crippen molar-refractivity contribution in [3.05, 3.63) is 34.4 Å². The fraction of sp³-hybridized carbons (Fsp3) is 0.500. The summed E-state index contributed by atoms with van der Waals surface area (Å²) in [4.78, 5) is 0. The number of fused-ring (bicyclic) bond motifs is 1. The molecule has 1 aromatic carbocycles. The Hall–Kier alpha value is -0.860. The summed E-state index contributed by atoms with van der Waals surface area (Å²) in [6.07, 6.45) is 0.129. The molecule has 76 valence electrons. The molecule has 1 aromatic rings. The van der Waals surface area contributed by atoms with Crippen LogP contribution in [0.1, 0.15) is 35.2 Å². The summed E-state index contributed by atoms with van der Waals surface area (Å²) >= 11 is 0. The molecule has 1 aliphatic heterocycles. The molecule has 0 fully saturated rings. The Morgan fingerprint density at radius 2 is 1.93 bits per heavy atom. The molecule has 0 aliphatic carbocycles. The van der Waals surface area contributed by atoms with Crippen molar-refractivity contribution in [1.29, 1.82) is 0 Å². The Morgan fingerprint density at radius 3 is 2.64 bits per heavy atom. The molecule has 0 amide bonds. The number of hydrogen-bond acceptors (Lipinski definition) is 2. The highest BCUT2D eigenvalue weighted by Crippen LogP contribution is 2.29.